The summed E-state index contributed by atoms with van der Waals surface area (Å²) in [6, 6.07) is 0.664. The quantitative estimate of drug-likeness (QED) is 0.711. The van der Waals surface area contributed by atoms with Gasteiger partial charge in [0.2, 0.25) is 0 Å². The first-order valence-electron chi connectivity index (χ1n) is 6.55. The van der Waals surface area contributed by atoms with Crippen LogP contribution in [0.5, 0.6) is 0 Å². The lowest BCUT2D eigenvalue weighted by molar-refractivity contribution is 0.139. The highest BCUT2D eigenvalue weighted by molar-refractivity contribution is 4.82. The summed E-state index contributed by atoms with van der Waals surface area (Å²) >= 11 is 0. The van der Waals surface area contributed by atoms with Crippen molar-refractivity contribution in [2.45, 2.75) is 65.0 Å². The molecule has 90 valence electrons. The van der Waals surface area contributed by atoms with Gasteiger partial charge in [-0.15, -0.1) is 0 Å². The Balaban J connectivity index is 2.18. The highest BCUT2D eigenvalue weighted by atomic mass is 16.3. The third-order valence-electron chi connectivity index (χ3n) is 3.54. The molecule has 0 spiro atoms. The molecule has 2 nitrogen and oxygen atoms in total. The Bertz CT molecular complexity index is 170. The molecule has 0 radical (unpaired) electrons. The number of nitrogens with one attached hydrogen (secondary N) is 1. The van der Waals surface area contributed by atoms with Gasteiger partial charge < -0.3 is 10.4 Å². The van der Waals surface area contributed by atoms with Crippen molar-refractivity contribution in [3.63, 3.8) is 0 Å². The molecule has 1 aliphatic carbocycles. The molecule has 2 heteroatoms. The smallest absolute Gasteiger partial charge is 0.0667 e. The lowest BCUT2D eigenvalue weighted by Gasteiger charge is -2.22. The maximum Gasteiger partial charge on any atom is 0.0667 e. The predicted molar refractivity (Wildman–Crippen MR) is 64.9 cm³/mol. The van der Waals surface area contributed by atoms with E-state index in [2.05, 4.69) is 26.1 Å². The van der Waals surface area contributed by atoms with E-state index in [1.54, 1.807) is 0 Å². The van der Waals surface area contributed by atoms with Crippen molar-refractivity contribution >= 4 is 0 Å². The van der Waals surface area contributed by atoms with Crippen molar-refractivity contribution < 1.29 is 5.11 Å². The summed E-state index contributed by atoms with van der Waals surface area (Å²) in [5, 5.41) is 13.3. The maximum atomic E-state index is 9.78. The van der Waals surface area contributed by atoms with Gasteiger partial charge in [0.15, 0.2) is 0 Å². The molecule has 0 heterocycles. The zero-order chi connectivity index (χ0) is 11.3. The molecule has 15 heavy (non-hydrogen) atoms. The molecule has 0 bridgehead atoms. The van der Waals surface area contributed by atoms with Crippen molar-refractivity contribution in [3.8, 4) is 0 Å². The van der Waals surface area contributed by atoms with E-state index in [0.29, 0.717) is 12.0 Å². The predicted octanol–water partition coefficient (Wildman–Crippen LogP) is 2.56. The standard InChI is InChI=1S/C13H27NO/c1-4-11-6-5-7-13(11)14-9-12(15)8-10(2)3/h10-15H,4-9H2,1-3H3. The zero-order valence-electron chi connectivity index (χ0n) is 10.5. The fourth-order valence-electron chi connectivity index (χ4n) is 2.71. The summed E-state index contributed by atoms with van der Waals surface area (Å²) in [6.07, 6.45) is 6.05. The number of hydrogen-bond donors (Lipinski definition) is 2. The summed E-state index contributed by atoms with van der Waals surface area (Å²) < 4.78 is 0. The van der Waals surface area contributed by atoms with E-state index in [1.807, 2.05) is 0 Å². The van der Waals surface area contributed by atoms with Crippen molar-refractivity contribution in [1.82, 2.24) is 5.32 Å². The first kappa shape index (κ1) is 13.0. The minimum atomic E-state index is -0.164. The monoisotopic (exact) mass is 213 g/mol. The molecule has 0 aromatic carbocycles. The van der Waals surface area contributed by atoms with Crippen molar-refractivity contribution in [1.29, 1.82) is 0 Å². The first-order chi connectivity index (χ1) is 7.13. The van der Waals surface area contributed by atoms with E-state index in [4.69, 9.17) is 0 Å². The van der Waals surface area contributed by atoms with E-state index in [0.717, 1.165) is 18.9 Å². The average Bonchev–Trinajstić information content (AvgIpc) is 2.60. The van der Waals surface area contributed by atoms with Gasteiger partial charge >= 0.3 is 0 Å². The van der Waals surface area contributed by atoms with Crippen LogP contribution in [0.4, 0.5) is 0 Å². The molecule has 3 atom stereocenters. The van der Waals surface area contributed by atoms with Gasteiger partial charge in [0.1, 0.15) is 0 Å². The fraction of sp³-hybridized carbons (Fsp3) is 1.00. The second-order valence-electron chi connectivity index (χ2n) is 5.40. The van der Waals surface area contributed by atoms with Crippen LogP contribution >= 0.6 is 0 Å². The van der Waals surface area contributed by atoms with Crippen LogP contribution < -0.4 is 5.32 Å². The van der Waals surface area contributed by atoms with E-state index < -0.39 is 0 Å². The van der Waals surface area contributed by atoms with Gasteiger partial charge in [-0.1, -0.05) is 33.6 Å². The van der Waals surface area contributed by atoms with E-state index in [1.165, 1.54) is 25.7 Å². The Kier molecular flexibility index (Phi) is 5.62. The molecule has 1 aliphatic rings. The van der Waals surface area contributed by atoms with Crippen LogP contribution in [-0.4, -0.2) is 23.8 Å². The van der Waals surface area contributed by atoms with Crippen LogP contribution in [0.2, 0.25) is 0 Å². The highest BCUT2D eigenvalue weighted by Gasteiger charge is 2.25. The van der Waals surface area contributed by atoms with Crippen molar-refractivity contribution in [2.75, 3.05) is 6.54 Å². The Morgan fingerprint density at radius 1 is 1.33 bits per heavy atom. The lowest BCUT2D eigenvalue weighted by atomic mass is 10.00. The second kappa shape index (κ2) is 6.49. The maximum absolute atomic E-state index is 9.78. The molecule has 1 rings (SSSR count). The molecule has 0 aromatic rings. The highest BCUT2D eigenvalue weighted by Crippen LogP contribution is 2.27. The normalized spacial score (nSPS) is 28.6. The van der Waals surface area contributed by atoms with E-state index in [-0.39, 0.29) is 6.10 Å². The van der Waals surface area contributed by atoms with Crippen LogP contribution in [0.3, 0.4) is 0 Å². The largest absolute Gasteiger partial charge is 0.392 e. The SMILES string of the molecule is CCC1CCCC1NCC(O)CC(C)C. The van der Waals surface area contributed by atoms with E-state index in [9.17, 15) is 5.11 Å². The van der Waals surface area contributed by atoms with Gasteiger partial charge in [-0.25, -0.2) is 0 Å². The summed E-state index contributed by atoms with van der Waals surface area (Å²) in [6.45, 7) is 7.37. The van der Waals surface area contributed by atoms with Gasteiger partial charge in [-0.05, 0) is 31.1 Å². The number of aliphatic hydroxyl groups excluding tert-OH is 1. The molecule has 2 N–H and O–H groups in total. The molecule has 0 saturated heterocycles. The van der Waals surface area contributed by atoms with Crippen LogP contribution in [0, 0.1) is 11.8 Å². The number of hydrogen-bond acceptors (Lipinski definition) is 2. The molecular weight excluding hydrogens is 186 g/mol. The minimum absolute atomic E-state index is 0.164. The minimum Gasteiger partial charge on any atom is -0.392 e. The third-order valence-corrected chi connectivity index (χ3v) is 3.54. The van der Waals surface area contributed by atoms with Gasteiger partial charge in [0, 0.05) is 12.6 Å². The molecule has 0 amide bonds. The van der Waals surface area contributed by atoms with Gasteiger partial charge in [-0.3, -0.25) is 0 Å². The van der Waals surface area contributed by atoms with Gasteiger partial charge in [-0.2, -0.15) is 0 Å². The Morgan fingerprint density at radius 2 is 2.07 bits per heavy atom. The summed E-state index contributed by atoms with van der Waals surface area (Å²) in [5.41, 5.74) is 0. The molecular formula is C13H27NO. The van der Waals surface area contributed by atoms with Crippen LogP contribution in [0.25, 0.3) is 0 Å². The van der Waals surface area contributed by atoms with Crippen molar-refractivity contribution in [2.24, 2.45) is 11.8 Å². The topological polar surface area (TPSA) is 32.3 Å². The molecule has 1 saturated carbocycles. The van der Waals surface area contributed by atoms with Crippen LogP contribution in [-0.2, 0) is 0 Å². The lowest BCUT2D eigenvalue weighted by Crippen LogP contribution is -2.38. The van der Waals surface area contributed by atoms with Crippen LogP contribution in [0.1, 0.15) is 52.9 Å². The zero-order valence-corrected chi connectivity index (χ0v) is 10.5. The van der Waals surface area contributed by atoms with Crippen molar-refractivity contribution in [3.05, 3.63) is 0 Å². The number of aliphatic hydroxyl groups is 1. The fourth-order valence-corrected chi connectivity index (χ4v) is 2.71. The summed E-state index contributed by atoms with van der Waals surface area (Å²) in [5.74, 6) is 1.43. The third kappa shape index (κ3) is 4.52. The summed E-state index contributed by atoms with van der Waals surface area (Å²) in [4.78, 5) is 0. The van der Waals surface area contributed by atoms with E-state index >= 15 is 0 Å². The van der Waals surface area contributed by atoms with Crippen LogP contribution in [0.15, 0.2) is 0 Å². The second-order valence-corrected chi connectivity index (χ2v) is 5.40. The Hall–Kier alpha value is -0.0800. The Labute approximate surface area is 94.5 Å². The molecule has 0 aromatic heterocycles. The Morgan fingerprint density at radius 3 is 2.67 bits per heavy atom. The number of rotatable bonds is 6. The molecule has 0 aliphatic heterocycles. The first-order valence-corrected chi connectivity index (χ1v) is 6.55. The molecule has 3 unspecified atom stereocenters. The van der Waals surface area contributed by atoms with Gasteiger partial charge in [0.25, 0.3) is 0 Å². The summed E-state index contributed by atoms with van der Waals surface area (Å²) in [7, 11) is 0. The van der Waals surface area contributed by atoms with Gasteiger partial charge in [0.05, 0.1) is 6.10 Å². The average molecular weight is 213 g/mol. The molecule has 1 fully saturated rings.